The molecule has 0 aromatic heterocycles. The summed E-state index contributed by atoms with van der Waals surface area (Å²) in [7, 11) is 0. The van der Waals surface area contributed by atoms with Gasteiger partial charge in [0.1, 0.15) is 0 Å². The highest BCUT2D eigenvalue weighted by Gasteiger charge is 2.20. The van der Waals surface area contributed by atoms with Gasteiger partial charge >= 0.3 is 0 Å². The number of rotatable bonds is 3. The Kier molecular flexibility index (Phi) is 3.88. The summed E-state index contributed by atoms with van der Waals surface area (Å²) in [5, 5.41) is 18.2. The average Bonchev–Trinajstić information content (AvgIpc) is 1.88. The van der Waals surface area contributed by atoms with E-state index in [1.54, 1.807) is 13.8 Å². The van der Waals surface area contributed by atoms with E-state index in [0.717, 1.165) is 0 Å². The first-order valence-electron chi connectivity index (χ1n) is 3.51. The molecule has 62 valence electrons. The van der Waals surface area contributed by atoms with Gasteiger partial charge in [0.15, 0.2) is 0 Å². The van der Waals surface area contributed by atoms with Crippen molar-refractivity contribution >= 4 is 0 Å². The summed E-state index contributed by atoms with van der Waals surface area (Å²) >= 11 is 0. The van der Waals surface area contributed by atoms with Crippen molar-refractivity contribution in [2.24, 2.45) is 0 Å². The Hall–Kier alpha value is -0.780. The summed E-state index contributed by atoms with van der Waals surface area (Å²) < 4.78 is 0. The molecule has 0 aliphatic rings. The van der Waals surface area contributed by atoms with Crippen LogP contribution in [0.25, 0.3) is 0 Å². The lowest BCUT2D eigenvalue weighted by Gasteiger charge is -2.22. The highest BCUT2D eigenvalue weighted by Crippen LogP contribution is 2.18. The number of hydrogen-bond acceptors (Lipinski definition) is 2. The van der Waals surface area contributed by atoms with Crippen LogP contribution in [0.3, 0.4) is 0 Å². The molecule has 0 amide bonds. The third kappa shape index (κ3) is 3.22. The van der Waals surface area contributed by atoms with Crippen molar-refractivity contribution in [1.82, 2.24) is 0 Å². The summed E-state index contributed by atoms with van der Waals surface area (Å²) in [5.41, 5.74) is -0.268. The van der Waals surface area contributed by atoms with Gasteiger partial charge < -0.3 is 10.2 Å². The van der Waals surface area contributed by atoms with Crippen LogP contribution in [0.5, 0.6) is 0 Å². The van der Waals surface area contributed by atoms with Crippen LogP contribution < -0.4 is 0 Å². The fourth-order valence-electron chi connectivity index (χ4n) is 0.695. The summed E-state index contributed by atoms with van der Waals surface area (Å²) in [6.45, 7) is 3.34. The van der Waals surface area contributed by atoms with Gasteiger partial charge in [-0.2, -0.15) is 0 Å². The van der Waals surface area contributed by atoms with Crippen molar-refractivity contribution in [2.75, 3.05) is 6.61 Å². The quantitative estimate of drug-likeness (QED) is 0.587. The summed E-state index contributed by atoms with van der Waals surface area (Å²) in [4.78, 5) is 0. The van der Waals surface area contributed by atoms with Crippen LogP contribution in [0.4, 0.5) is 0 Å². The lowest BCUT2D eigenvalue weighted by atomic mass is 9.94. The first kappa shape index (κ1) is 10.2. The molecular formula is C9H14O2. The van der Waals surface area contributed by atoms with E-state index in [0.29, 0.717) is 12.0 Å². The van der Waals surface area contributed by atoms with Gasteiger partial charge in [-0.15, -0.1) is 6.42 Å². The minimum atomic E-state index is -0.971. The van der Waals surface area contributed by atoms with Crippen molar-refractivity contribution in [3.63, 3.8) is 0 Å². The molecule has 2 heteroatoms. The molecule has 11 heavy (non-hydrogen) atoms. The van der Waals surface area contributed by atoms with E-state index in [9.17, 15) is 5.11 Å². The smallest absolute Gasteiger partial charge is 0.0857 e. The standard InChI is InChI=1S/C9H14O2/c1-4-5-8(2)9(3,11)6-7-10/h1,5,10-11H,6-7H2,2-3H3/b8-5+/t9-/m1/s1. The number of aliphatic hydroxyl groups excluding tert-OH is 1. The molecule has 0 aromatic carbocycles. The lowest BCUT2D eigenvalue weighted by molar-refractivity contribution is 0.0677. The SMILES string of the molecule is C#C/C=C(\C)[C@](C)(O)CCO. The van der Waals surface area contributed by atoms with Gasteiger partial charge in [-0.3, -0.25) is 0 Å². The molecule has 0 saturated heterocycles. The molecule has 0 rings (SSSR count). The zero-order valence-electron chi connectivity index (χ0n) is 6.96. The van der Waals surface area contributed by atoms with Crippen molar-refractivity contribution in [2.45, 2.75) is 25.9 Å². The van der Waals surface area contributed by atoms with Gasteiger partial charge in [0.05, 0.1) is 5.60 Å². The van der Waals surface area contributed by atoms with E-state index in [1.165, 1.54) is 6.08 Å². The van der Waals surface area contributed by atoms with Gasteiger partial charge in [0.2, 0.25) is 0 Å². The van der Waals surface area contributed by atoms with Gasteiger partial charge in [0.25, 0.3) is 0 Å². The average molecular weight is 154 g/mol. The van der Waals surface area contributed by atoms with E-state index < -0.39 is 5.60 Å². The molecule has 2 nitrogen and oxygen atoms in total. The molecule has 2 N–H and O–H groups in total. The largest absolute Gasteiger partial charge is 0.396 e. The molecule has 0 aliphatic carbocycles. The van der Waals surface area contributed by atoms with E-state index in [1.807, 2.05) is 0 Å². The second-order valence-electron chi connectivity index (χ2n) is 2.74. The Balaban J connectivity index is 4.31. The fourth-order valence-corrected chi connectivity index (χ4v) is 0.695. The minimum absolute atomic E-state index is 0.0389. The number of terminal acetylenes is 1. The second-order valence-corrected chi connectivity index (χ2v) is 2.74. The second kappa shape index (κ2) is 4.17. The van der Waals surface area contributed by atoms with E-state index in [-0.39, 0.29) is 6.61 Å². The number of allylic oxidation sites excluding steroid dienone is 1. The molecule has 0 fully saturated rings. The highest BCUT2D eigenvalue weighted by molar-refractivity contribution is 5.22. The normalized spacial score (nSPS) is 17.2. The highest BCUT2D eigenvalue weighted by atomic mass is 16.3. The number of aliphatic hydroxyl groups is 2. The molecule has 1 atom stereocenters. The Morgan fingerprint density at radius 2 is 2.27 bits per heavy atom. The zero-order valence-corrected chi connectivity index (χ0v) is 6.96. The Labute approximate surface area is 67.6 Å². The topological polar surface area (TPSA) is 40.5 Å². The molecule has 0 heterocycles. The summed E-state index contributed by atoms with van der Waals surface area (Å²) in [5.74, 6) is 2.33. The van der Waals surface area contributed by atoms with Gasteiger partial charge in [-0.05, 0) is 25.5 Å². The van der Waals surface area contributed by atoms with E-state index >= 15 is 0 Å². The Morgan fingerprint density at radius 3 is 2.64 bits per heavy atom. The third-order valence-corrected chi connectivity index (χ3v) is 1.75. The minimum Gasteiger partial charge on any atom is -0.396 e. The van der Waals surface area contributed by atoms with Crippen molar-refractivity contribution in [1.29, 1.82) is 0 Å². The van der Waals surface area contributed by atoms with Gasteiger partial charge in [0, 0.05) is 13.0 Å². The zero-order chi connectivity index (χ0) is 8.91. The third-order valence-electron chi connectivity index (χ3n) is 1.75. The predicted octanol–water partition coefficient (Wildman–Crippen LogP) is 0.699. The van der Waals surface area contributed by atoms with Crippen molar-refractivity contribution < 1.29 is 10.2 Å². The molecule has 0 saturated carbocycles. The molecule has 0 radical (unpaired) electrons. The van der Waals surface area contributed by atoms with Crippen LogP contribution in [0.1, 0.15) is 20.3 Å². The predicted molar refractivity (Wildman–Crippen MR) is 44.9 cm³/mol. The monoisotopic (exact) mass is 154 g/mol. The Bertz CT molecular complexity index is 184. The van der Waals surface area contributed by atoms with Crippen LogP contribution in [0.2, 0.25) is 0 Å². The Morgan fingerprint density at radius 1 is 1.73 bits per heavy atom. The molecule has 0 aromatic rings. The summed E-state index contributed by atoms with van der Waals surface area (Å²) in [6, 6.07) is 0. The molecule has 0 unspecified atom stereocenters. The summed E-state index contributed by atoms with van der Waals surface area (Å²) in [6.07, 6.45) is 6.85. The van der Waals surface area contributed by atoms with Crippen LogP contribution in [0, 0.1) is 12.3 Å². The molecule has 0 bridgehead atoms. The molecule has 0 spiro atoms. The van der Waals surface area contributed by atoms with Crippen molar-refractivity contribution in [3.8, 4) is 12.3 Å². The maximum atomic E-state index is 9.59. The van der Waals surface area contributed by atoms with Gasteiger partial charge in [-0.25, -0.2) is 0 Å². The molecule has 0 aliphatic heterocycles. The number of hydrogen-bond donors (Lipinski definition) is 2. The fraction of sp³-hybridized carbons (Fsp3) is 0.556. The van der Waals surface area contributed by atoms with Crippen LogP contribution in [-0.4, -0.2) is 22.4 Å². The maximum absolute atomic E-state index is 9.59. The lowest BCUT2D eigenvalue weighted by Crippen LogP contribution is -2.26. The van der Waals surface area contributed by atoms with Crippen LogP contribution in [0.15, 0.2) is 11.6 Å². The van der Waals surface area contributed by atoms with Crippen LogP contribution >= 0.6 is 0 Å². The first-order chi connectivity index (χ1) is 5.04. The van der Waals surface area contributed by atoms with E-state index in [2.05, 4.69) is 5.92 Å². The maximum Gasteiger partial charge on any atom is 0.0857 e. The van der Waals surface area contributed by atoms with Gasteiger partial charge in [-0.1, -0.05) is 5.92 Å². The van der Waals surface area contributed by atoms with Crippen molar-refractivity contribution in [3.05, 3.63) is 11.6 Å². The van der Waals surface area contributed by atoms with E-state index in [4.69, 9.17) is 11.5 Å². The first-order valence-corrected chi connectivity index (χ1v) is 3.51. The molecular weight excluding hydrogens is 140 g/mol. The van der Waals surface area contributed by atoms with Crippen LogP contribution in [-0.2, 0) is 0 Å².